The molecule has 1 aliphatic heterocycles. The number of aromatic nitrogens is 2. The lowest BCUT2D eigenvalue weighted by atomic mass is 10.1. The van der Waals surface area contributed by atoms with Gasteiger partial charge in [0.25, 0.3) is 0 Å². The van der Waals surface area contributed by atoms with Crippen LogP contribution < -0.4 is 25.4 Å². The van der Waals surface area contributed by atoms with E-state index in [0.717, 1.165) is 17.3 Å². The van der Waals surface area contributed by atoms with Gasteiger partial charge in [-0.3, -0.25) is 0 Å². The predicted octanol–water partition coefficient (Wildman–Crippen LogP) is 5.92. The fourth-order valence-electron chi connectivity index (χ4n) is 3.66. The zero-order chi connectivity index (χ0) is 25.5. The van der Waals surface area contributed by atoms with Crippen molar-refractivity contribution in [3.8, 4) is 11.5 Å². The van der Waals surface area contributed by atoms with E-state index < -0.39 is 6.61 Å². The Hall–Kier alpha value is -3.51. The van der Waals surface area contributed by atoms with E-state index in [-0.39, 0.29) is 17.7 Å². The van der Waals surface area contributed by atoms with Crippen LogP contribution in [0.5, 0.6) is 11.5 Å². The van der Waals surface area contributed by atoms with Gasteiger partial charge in [0.1, 0.15) is 23.1 Å². The third-order valence-corrected chi connectivity index (χ3v) is 5.90. The minimum Gasteiger partial charge on any atom is -0.495 e. The zero-order valence-corrected chi connectivity index (χ0v) is 20.9. The van der Waals surface area contributed by atoms with Crippen LogP contribution in [0.15, 0.2) is 46.9 Å². The van der Waals surface area contributed by atoms with Crippen LogP contribution in [0.2, 0.25) is 0 Å². The number of nitrogens with one attached hydrogen (secondary N) is 4. The molecule has 0 atom stereocenters. The summed E-state index contributed by atoms with van der Waals surface area (Å²) < 4.78 is 41.1. The molecule has 0 bridgehead atoms. The lowest BCUT2D eigenvalue weighted by molar-refractivity contribution is -0.0498. The van der Waals surface area contributed by atoms with Crippen molar-refractivity contribution in [1.29, 1.82) is 5.41 Å². The summed E-state index contributed by atoms with van der Waals surface area (Å²) in [7, 11) is 1.57. The Morgan fingerprint density at radius 3 is 2.47 bits per heavy atom. The summed E-state index contributed by atoms with van der Waals surface area (Å²) in [6.45, 7) is -1.62. The van der Waals surface area contributed by atoms with Gasteiger partial charge in [-0.1, -0.05) is 15.9 Å². The maximum absolute atomic E-state index is 12.5. The molecule has 0 radical (unpaired) electrons. The number of benzene rings is 2. The van der Waals surface area contributed by atoms with Crippen LogP contribution in [0.4, 0.5) is 37.7 Å². The molecule has 1 aromatic heterocycles. The first-order valence-electron chi connectivity index (χ1n) is 11.1. The van der Waals surface area contributed by atoms with E-state index in [1.54, 1.807) is 25.3 Å². The van der Waals surface area contributed by atoms with Gasteiger partial charge in [0, 0.05) is 35.6 Å². The Kier molecular flexibility index (Phi) is 8.49. The van der Waals surface area contributed by atoms with Gasteiger partial charge >= 0.3 is 6.61 Å². The average molecular weight is 563 g/mol. The van der Waals surface area contributed by atoms with E-state index in [9.17, 15) is 8.78 Å². The van der Waals surface area contributed by atoms with Crippen molar-refractivity contribution in [3.05, 3.63) is 52.5 Å². The van der Waals surface area contributed by atoms with Crippen molar-refractivity contribution in [2.75, 3.05) is 36.3 Å². The van der Waals surface area contributed by atoms with Crippen LogP contribution >= 0.6 is 15.9 Å². The number of nitrogens with zero attached hydrogens (tertiary/aromatic N) is 2. The van der Waals surface area contributed by atoms with Crippen molar-refractivity contribution in [2.45, 2.75) is 25.5 Å². The number of alkyl halides is 2. The molecule has 36 heavy (non-hydrogen) atoms. The summed E-state index contributed by atoms with van der Waals surface area (Å²) in [5, 5.41) is 17.8. The molecule has 3 aromatic rings. The molecule has 4 rings (SSSR count). The SMILES string of the molecule is COc1ccc(Br)cc1Nc1nc(Nc2ccc(OC(F)F)cc2)nc(NC2CCOCC2)c1C=N. The van der Waals surface area contributed by atoms with E-state index >= 15 is 0 Å². The van der Waals surface area contributed by atoms with Crippen molar-refractivity contribution in [1.82, 2.24) is 9.97 Å². The molecule has 2 heterocycles. The Morgan fingerprint density at radius 2 is 1.81 bits per heavy atom. The van der Waals surface area contributed by atoms with E-state index in [2.05, 4.69) is 46.6 Å². The van der Waals surface area contributed by atoms with Crippen molar-refractivity contribution in [3.63, 3.8) is 0 Å². The van der Waals surface area contributed by atoms with Crippen molar-refractivity contribution >= 4 is 51.1 Å². The molecule has 12 heteroatoms. The third-order valence-electron chi connectivity index (χ3n) is 5.40. The highest BCUT2D eigenvalue weighted by Crippen LogP contribution is 2.33. The number of halogens is 3. The summed E-state index contributed by atoms with van der Waals surface area (Å²) >= 11 is 3.47. The van der Waals surface area contributed by atoms with E-state index in [4.69, 9.17) is 14.9 Å². The average Bonchev–Trinajstić information content (AvgIpc) is 2.86. The topological polar surface area (TPSA) is 113 Å². The van der Waals surface area contributed by atoms with E-state index in [1.165, 1.54) is 18.3 Å². The molecule has 4 N–H and O–H groups in total. The number of hydrogen-bond acceptors (Lipinski definition) is 9. The fourth-order valence-corrected chi connectivity index (χ4v) is 4.02. The first-order valence-corrected chi connectivity index (χ1v) is 11.9. The highest BCUT2D eigenvalue weighted by Gasteiger charge is 2.20. The van der Waals surface area contributed by atoms with Crippen molar-refractivity contribution in [2.24, 2.45) is 0 Å². The van der Waals surface area contributed by atoms with Crippen LogP contribution in [-0.2, 0) is 4.74 Å². The maximum Gasteiger partial charge on any atom is 0.387 e. The lowest BCUT2D eigenvalue weighted by Crippen LogP contribution is -2.29. The molecular weight excluding hydrogens is 538 g/mol. The van der Waals surface area contributed by atoms with Crippen LogP contribution in [0, 0.1) is 5.41 Å². The normalized spacial score (nSPS) is 13.8. The molecule has 2 aromatic carbocycles. The van der Waals surface area contributed by atoms with Gasteiger partial charge in [0.2, 0.25) is 5.95 Å². The van der Waals surface area contributed by atoms with Crippen LogP contribution in [0.25, 0.3) is 0 Å². The highest BCUT2D eigenvalue weighted by atomic mass is 79.9. The van der Waals surface area contributed by atoms with E-state index in [1.807, 2.05) is 12.1 Å². The number of rotatable bonds is 10. The second-order valence-corrected chi connectivity index (χ2v) is 8.75. The van der Waals surface area contributed by atoms with Crippen LogP contribution in [0.3, 0.4) is 0 Å². The molecule has 0 unspecified atom stereocenters. The first kappa shape index (κ1) is 25.6. The summed E-state index contributed by atoms with van der Waals surface area (Å²) in [4.78, 5) is 9.20. The first-order chi connectivity index (χ1) is 17.4. The largest absolute Gasteiger partial charge is 0.495 e. The second kappa shape index (κ2) is 12.0. The van der Waals surface area contributed by atoms with Crippen LogP contribution in [0.1, 0.15) is 18.4 Å². The standard InChI is InChI=1S/C24H25BrF2N6O3/c1-34-20-7-2-14(25)12-19(20)31-22-18(13-28)21(29-16-8-10-35-11-9-16)32-24(33-22)30-15-3-5-17(6-4-15)36-23(26)27/h2-7,12-13,16,23,28H,8-11H2,1H3,(H3,29,30,31,32,33). The summed E-state index contributed by atoms with van der Waals surface area (Å²) in [5.41, 5.74) is 1.68. The Balaban J connectivity index is 1.69. The maximum atomic E-state index is 12.5. The van der Waals surface area contributed by atoms with E-state index in [0.29, 0.717) is 47.5 Å². The smallest absolute Gasteiger partial charge is 0.387 e. The number of methoxy groups -OCH3 is 1. The van der Waals surface area contributed by atoms with Gasteiger partial charge in [-0.15, -0.1) is 0 Å². The van der Waals surface area contributed by atoms with Crippen LogP contribution in [-0.4, -0.2) is 49.2 Å². The molecule has 1 fully saturated rings. The quantitative estimate of drug-likeness (QED) is 0.225. The lowest BCUT2D eigenvalue weighted by Gasteiger charge is -2.25. The van der Waals surface area contributed by atoms with Gasteiger partial charge in [0.05, 0.1) is 18.4 Å². The highest BCUT2D eigenvalue weighted by molar-refractivity contribution is 9.10. The summed E-state index contributed by atoms with van der Waals surface area (Å²) in [6.07, 6.45) is 2.80. The van der Waals surface area contributed by atoms with Crippen molar-refractivity contribution < 1.29 is 23.0 Å². The molecule has 0 saturated carbocycles. The molecule has 1 aliphatic rings. The molecule has 0 spiro atoms. The third kappa shape index (κ3) is 6.58. The number of anilines is 5. The molecule has 190 valence electrons. The number of ether oxygens (including phenoxy) is 3. The zero-order valence-electron chi connectivity index (χ0n) is 19.4. The molecule has 1 saturated heterocycles. The summed E-state index contributed by atoms with van der Waals surface area (Å²) in [6, 6.07) is 11.6. The molecule has 0 aliphatic carbocycles. The monoisotopic (exact) mass is 562 g/mol. The second-order valence-electron chi connectivity index (χ2n) is 7.83. The van der Waals surface area contributed by atoms with Gasteiger partial charge in [-0.05, 0) is 55.3 Å². The summed E-state index contributed by atoms with van der Waals surface area (Å²) in [5.74, 6) is 1.74. The minimum atomic E-state index is -2.90. The van der Waals surface area contributed by atoms with Gasteiger partial charge in [-0.2, -0.15) is 18.7 Å². The van der Waals surface area contributed by atoms with Gasteiger partial charge in [0.15, 0.2) is 0 Å². The minimum absolute atomic E-state index is 0.0431. The molecular formula is C24H25BrF2N6O3. The Labute approximate surface area is 215 Å². The number of hydrogen-bond donors (Lipinski definition) is 4. The van der Waals surface area contributed by atoms with Gasteiger partial charge < -0.3 is 35.6 Å². The van der Waals surface area contributed by atoms with Gasteiger partial charge in [-0.25, -0.2) is 0 Å². The Bertz CT molecular complexity index is 1190. The molecule has 0 amide bonds. The molecule has 9 nitrogen and oxygen atoms in total. The Morgan fingerprint density at radius 1 is 1.08 bits per heavy atom. The fraction of sp³-hybridized carbons (Fsp3) is 0.292. The predicted molar refractivity (Wildman–Crippen MR) is 138 cm³/mol.